The Labute approximate surface area is 129 Å². The molecule has 22 heavy (non-hydrogen) atoms. The van der Waals surface area contributed by atoms with Gasteiger partial charge >= 0.3 is 6.03 Å². The van der Waals surface area contributed by atoms with Gasteiger partial charge in [0.15, 0.2) is 0 Å². The highest BCUT2D eigenvalue weighted by Gasteiger charge is 2.33. The lowest BCUT2D eigenvalue weighted by molar-refractivity contribution is -0.118. The average Bonchev–Trinajstić information content (AvgIpc) is 2.83. The predicted octanol–water partition coefficient (Wildman–Crippen LogP) is 2.34. The summed E-state index contributed by atoms with van der Waals surface area (Å²) in [6, 6.07) is 3.79. The van der Waals surface area contributed by atoms with Crippen LogP contribution in [0.1, 0.15) is 32.3 Å². The first-order chi connectivity index (χ1) is 10.4. The first-order valence-corrected chi connectivity index (χ1v) is 7.57. The molecule has 1 heterocycles. The molecule has 120 valence electrons. The van der Waals surface area contributed by atoms with E-state index in [1.807, 2.05) is 13.8 Å². The van der Waals surface area contributed by atoms with Gasteiger partial charge in [0.25, 0.3) is 0 Å². The minimum Gasteiger partial charge on any atom is -0.336 e. The van der Waals surface area contributed by atoms with Crippen molar-refractivity contribution in [2.24, 2.45) is 0 Å². The topological polar surface area (TPSA) is 61.4 Å². The van der Waals surface area contributed by atoms with Gasteiger partial charge in [0.1, 0.15) is 11.9 Å². The predicted molar refractivity (Wildman–Crippen MR) is 83.3 cm³/mol. The van der Waals surface area contributed by atoms with Gasteiger partial charge in [-0.1, -0.05) is 6.92 Å². The summed E-state index contributed by atoms with van der Waals surface area (Å²) in [7, 11) is 0. The largest absolute Gasteiger partial charge is 0.336 e. The van der Waals surface area contributed by atoms with E-state index >= 15 is 0 Å². The van der Waals surface area contributed by atoms with Crippen LogP contribution in [0.15, 0.2) is 18.2 Å². The van der Waals surface area contributed by atoms with Gasteiger partial charge in [0.2, 0.25) is 5.91 Å². The van der Waals surface area contributed by atoms with Crippen LogP contribution in [-0.4, -0.2) is 30.6 Å². The van der Waals surface area contributed by atoms with Gasteiger partial charge in [-0.2, -0.15) is 0 Å². The summed E-state index contributed by atoms with van der Waals surface area (Å²) in [5.74, 6) is -0.455. The molecule has 2 atom stereocenters. The fourth-order valence-corrected chi connectivity index (χ4v) is 2.39. The first-order valence-electron chi connectivity index (χ1n) is 7.57. The van der Waals surface area contributed by atoms with Crippen LogP contribution < -0.4 is 15.5 Å². The zero-order valence-corrected chi connectivity index (χ0v) is 13.1. The Morgan fingerprint density at radius 2 is 2.23 bits per heavy atom. The van der Waals surface area contributed by atoms with Crippen molar-refractivity contribution in [2.45, 2.75) is 45.7 Å². The Bertz CT molecular complexity index is 577. The van der Waals surface area contributed by atoms with Gasteiger partial charge in [-0.15, -0.1) is 0 Å². The number of carbonyl (C=O) groups is 2. The number of benzene rings is 1. The van der Waals surface area contributed by atoms with Crippen molar-refractivity contribution in [1.82, 2.24) is 10.6 Å². The normalized spacial score (nSPS) is 19.2. The smallest absolute Gasteiger partial charge is 0.315 e. The fourth-order valence-electron chi connectivity index (χ4n) is 2.39. The monoisotopic (exact) mass is 307 g/mol. The standard InChI is InChI=1S/C16H22FN3O2/c1-4-11(3)18-16(22)19-14-7-8-20(15(14)21)12-5-6-13(17)10(2)9-12/h5-6,9,11,14H,4,7-8H2,1-3H3,(H2,18,19,22)/t11-,14-/m1/s1. The Hall–Kier alpha value is -2.11. The van der Waals surface area contributed by atoms with Gasteiger partial charge in [-0.05, 0) is 50.5 Å². The summed E-state index contributed by atoms with van der Waals surface area (Å²) >= 11 is 0. The number of aryl methyl sites for hydroxylation is 1. The maximum absolute atomic E-state index is 13.3. The maximum Gasteiger partial charge on any atom is 0.315 e. The van der Waals surface area contributed by atoms with Crippen LogP contribution in [0.4, 0.5) is 14.9 Å². The molecule has 1 aromatic carbocycles. The van der Waals surface area contributed by atoms with Gasteiger partial charge < -0.3 is 15.5 Å². The molecule has 1 aromatic rings. The number of anilines is 1. The van der Waals surface area contributed by atoms with E-state index in [0.717, 1.165) is 6.42 Å². The lowest BCUT2D eigenvalue weighted by atomic mass is 10.2. The zero-order chi connectivity index (χ0) is 16.3. The molecule has 2 rings (SSSR count). The molecule has 3 amide bonds. The van der Waals surface area contributed by atoms with Crippen LogP contribution in [0.25, 0.3) is 0 Å². The van der Waals surface area contributed by atoms with Crippen LogP contribution in [0.5, 0.6) is 0 Å². The SMILES string of the molecule is CC[C@@H](C)NC(=O)N[C@@H]1CCN(c2ccc(F)c(C)c2)C1=O. The van der Waals surface area contributed by atoms with Gasteiger partial charge in [-0.3, -0.25) is 4.79 Å². The van der Waals surface area contributed by atoms with E-state index in [1.54, 1.807) is 24.0 Å². The molecule has 1 fully saturated rings. The lowest BCUT2D eigenvalue weighted by Crippen LogP contribution is -2.48. The second-order valence-electron chi connectivity index (χ2n) is 5.69. The summed E-state index contributed by atoms with van der Waals surface area (Å²) in [6.07, 6.45) is 1.37. The van der Waals surface area contributed by atoms with Crippen LogP contribution in [0.3, 0.4) is 0 Å². The van der Waals surface area contributed by atoms with E-state index < -0.39 is 6.04 Å². The molecule has 0 radical (unpaired) electrons. The first kappa shape index (κ1) is 16.3. The molecule has 6 heteroatoms. The molecule has 0 bridgehead atoms. The zero-order valence-electron chi connectivity index (χ0n) is 13.1. The minimum atomic E-state index is -0.533. The molecule has 1 aliphatic rings. The van der Waals surface area contributed by atoms with Gasteiger partial charge in [-0.25, -0.2) is 9.18 Å². The highest BCUT2D eigenvalue weighted by Crippen LogP contribution is 2.23. The van der Waals surface area contributed by atoms with Gasteiger partial charge in [0, 0.05) is 18.3 Å². The number of urea groups is 1. The highest BCUT2D eigenvalue weighted by molar-refractivity contribution is 6.01. The van der Waals surface area contributed by atoms with E-state index in [1.165, 1.54) is 6.07 Å². The third-order valence-electron chi connectivity index (χ3n) is 3.95. The lowest BCUT2D eigenvalue weighted by Gasteiger charge is -2.19. The van der Waals surface area contributed by atoms with Crippen molar-refractivity contribution in [3.8, 4) is 0 Å². The van der Waals surface area contributed by atoms with E-state index in [9.17, 15) is 14.0 Å². The Balaban J connectivity index is 2.00. The van der Waals surface area contributed by atoms with Crippen LogP contribution in [0.2, 0.25) is 0 Å². The van der Waals surface area contributed by atoms with E-state index in [0.29, 0.717) is 24.2 Å². The molecule has 1 saturated heterocycles. The number of hydrogen-bond donors (Lipinski definition) is 2. The summed E-state index contributed by atoms with van der Waals surface area (Å²) < 4.78 is 13.3. The average molecular weight is 307 g/mol. The molecule has 2 N–H and O–H groups in total. The number of amides is 3. The van der Waals surface area contributed by atoms with Crippen molar-refractivity contribution in [3.05, 3.63) is 29.6 Å². The molecule has 0 aliphatic carbocycles. The Morgan fingerprint density at radius 1 is 1.50 bits per heavy atom. The van der Waals surface area contributed by atoms with E-state index in [2.05, 4.69) is 10.6 Å². The van der Waals surface area contributed by atoms with Crippen LogP contribution in [-0.2, 0) is 4.79 Å². The van der Waals surface area contributed by atoms with Crippen molar-refractivity contribution >= 4 is 17.6 Å². The Kier molecular flexibility index (Phi) is 5.00. The second-order valence-corrected chi connectivity index (χ2v) is 5.69. The second kappa shape index (κ2) is 6.77. The molecule has 5 nitrogen and oxygen atoms in total. The minimum absolute atomic E-state index is 0.0624. The van der Waals surface area contributed by atoms with Crippen molar-refractivity contribution in [1.29, 1.82) is 0 Å². The summed E-state index contributed by atoms with van der Waals surface area (Å²) in [5, 5.41) is 5.48. The quantitative estimate of drug-likeness (QED) is 0.897. The number of nitrogens with zero attached hydrogens (tertiary/aromatic N) is 1. The molecular weight excluding hydrogens is 285 g/mol. The molecule has 1 aliphatic heterocycles. The Morgan fingerprint density at radius 3 is 2.86 bits per heavy atom. The van der Waals surface area contributed by atoms with E-state index in [-0.39, 0.29) is 23.8 Å². The number of carbonyl (C=O) groups excluding carboxylic acids is 2. The molecule has 0 unspecified atom stereocenters. The number of rotatable bonds is 4. The highest BCUT2D eigenvalue weighted by atomic mass is 19.1. The van der Waals surface area contributed by atoms with E-state index in [4.69, 9.17) is 0 Å². The molecular formula is C16H22FN3O2. The summed E-state index contributed by atoms with van der Waals surface area (Å²) in [6.45, 7) is 6.06. The third-order valence-corrected chi connectivity index (χ3v) is 3.95. The molecule has 0 spiro atoms. The summed E-state index contributed by atoms with van der Waals surface area (Å²) in [4.78, 5) is 25.8. The van der Waals surface area contributed by atoms with Crippen molar-refractivity contribution in [3.63, 3.8) is 0 Å². The molecule has 0 aromatic heterocycles. The van der Waals surface area contributed by atoms with Gasteiger partial charge in [0.05, 0.1) is 0 Å². The van der Waals surface area contributed by atoms with Crippen LogP contribution in [0, 0.1) is 12.7 Å². The third kappa shape index (κ3) is 3.55. The van der Waals surface area contributed by atoms with Crippen LogP contribution >= 0.6 is 0 Å². The number of nitrogens with one attached hydrogen (secondary N) is 2. The van der Waals surface area contributed by atoms with Crippen molar-refractivity contribution in [2.75, 3.05) is 11.4 Å². The molecule has 0 saturated carbocycles. The summed E-state index contributed by atoms with van der Waals surface area (Å²) in [5.41, 5.74) is 1.16. The number of hydrogen-bond acceptors (Lipinski definition) is 2. The fraction of sp³-hybridized carbons (Fsp3) is 0.500. The maximum atomic E-state index is 13.3. The van der Waals surface area contributed by atoms with Crippen molar-refractivity contribution < 1.29 is 14.0 Å². The number of halogens is 1.